The molecule has 2 fully saturated rings. The van der Waals surface area contributed by atoms with E-state index in [1.165, 1.54) is 13.8 Å². The van der Waals surface area contributed by atoms with Gasteiger partial charge in [-0.3, -0.25) is 9.36 Å². The van der Waals surface area contributed by atoms with Gasteiger partial charge in [-0.2, -0.15) is 8.78 Å². The molecule has 1 aromatic rings. The lowest BCUT2D eigenvalue weighted by Crippen LogP contribution is -2.49. The number of benzene rings is 1. The first kappa shape index (κ1) is 24.0. The monoisotopic (exact) mass is 483 g/mol. The van der Waals surface area contributed by atoms with Crippen LogP contribution >= 0.6 is 7.60 Å². The second-order valence-electron chi connectivity index (χ2n) is 8.55. The zero-order chi connectivity index (χ0) is 23.8. The van der Waals surface area contributed by atoms with Gasteiger partial charge in [-0.25, -0.2) is 9.69 Å². The second kappa shape index (κ2) is 9.28. The highest BCUT2D eigenvalue weighted by molar-refractivity contribution is 7.55. The second-order valence-corrected chi connectivity index (χ2v) is 10.7. The van der Waals surface area contributed by atoms with E-state index in [-0.39, 0.29) is 19.8 Å². The van der Waals surface area contributed by atoms with Crippen LogP contribution in [0.5, 0.6) is 0 Å². The quantitative estimate of drug-likeness (QED) is 0.368. The Hall–Kier alpha value is -2.09. The van der Waals surface area contributed by atoms with Gasteiger partial charge in [-0.05, 0) is 44.1 Å². The molecule has 180 valence electrons. The third-order valence-electron chi connectivity index (χ3n) is 6.62. The van der Waals surface area contributed by atoms with Gasteiger partial charge in [0, 0.05) is 0 Å². The summed E-state index contributed by atoms with van der Waals surface area (Å²) in [6.45, 7) is 2.46. The van der Waals surface area contributed by atoms with Crippen molar-refractivity contribution in [2.45, 2.75) is 38.4 Å². The van der Waals surface area contributed by atoms with Crippen LogP contribution in [0.3, 0.4) is 0 Å². The van der Waals surface area contributed by atoms with Crippen LogP contribution in [-0.2, 0) is 29.6 Å². The van der Waals surface area contributed by atoms with Gasteiger partial charge in [0.2, 0.25) is 5.91 Å². The third-order valence-corrected chi connectivity index (χ3v) is 8.85. The summed E-state index contributed by atoms with van der Waals surface area (Å²) >= 11 is 0. The number of carbonyl (C=O) groups excluding carboxylic acids is 2. The van der Waals surface area contributed by atoms with Crippen molar-refractivity contribution < 1.29 is 36.7 Å². The Morgan fingerprint density at radius 1 is 1.15 bits per heavy atom. The average molecular weight is 483 g/mol. The van der Waals surface area contributed by atoms with Crippen molar-refractivity contribution in [3.63, 3.8) is 0 Å². The summed E-state index contributed by atoms with van der Waals surface area (Å²) in [5, 5.41) is 0. The standard InChI is InChI=1S/C23H28F2NO6P/c1-3-31-33(29,32-4-2)23(24,25)20-17-11-10-16(13-17)19(20)21(27)26-18(14-30-22(26)28)12-15-8-6-5-7-9-15/h5-11,16-20H,3-4,12-14H2,1-2H3/t16-,17+,18+,19-,20-/m1/s1. The number of hydrogen-bond acceptors (Lipinski definition) is 6. The number of carbonyl (C=O) groups is 2. The minimum absolute atomic E-state index is 0.00638. The summed E-state index contributed by atoms with van der Waals surface area (Å²) in [5.41, 5.74) is -3.01. The largest absolute Gasteiger partial charge is 0.447 e. The molecule has 1 heterocycles. The molecule has 2 bridgehead atoms. The number of ether oxygens (including phenoxy) is 1. The summed E-state index contributed by atoms with van der Waals surface area (Å²) in [7, 11) is -4.85. The molecule has 3 aliphatic rings. The first-order valence-electron chi connectivity index (χ1n) is 11.2. The van der Waals surface area contributed by atoms with Crippen molar-refractivity contribution in [3.05, 3.63) is 48.0 Å². The van der Waals surface area contributed by atoms with Crippen LogP contribution in [-0.4, -0.2) is 48.4 Å². The van der Waals surface area contributed by atoms with Crippen molar-refractivity contribution in [2.75, 3.05) is 19.8 Å². The first-order valence-corrected chi connectivity index (χ1v) is 12.8. The van der Waals surface area contributed by atoms with Gasteiger partial charge >= 0.3 is 19.4 Å². The summed E-state index contributed by atoms with van der Waals surface area (Å²) in [6, 6.07) is 8.67. The van der Waals surface area contributed by atoms with E-state index in [0.29, 0.717) is 12.8 Å². The van der Waals surface area contributed by atoms with E-state index in [2.05, 4.69) is 0 Å². The number of cyclic esters (lactones) is 1. The van der Waals surface area contributed by atoms with Crippen LogP contribution in [0, 0.1) is 23.7 Å². The highest BCUT2D eigenvalue weighted by atomic mass is 31.2. The molecule has 0 N–H and O–H groups in total. The zero-order valence-electron chi connectivity index (χ0n) is 18.6. The molecule has 10 heteroatoms. The molecular weight excluding hydrogens is 455 g/mol. The van der Waals surface area contributed by atoms with Crippen LogP contribution in [0.15, 0.2) is 42.5 Å². The van der Waals surface area contributed by atoms with Gasteiger partial charge in [0.15, 0.2) is 0 Å². The lowest BCUT2D eigenvalue weighted by atomic mass is 9.81. The molecule has 2 aliphatic carbocycles. The Morgan fingerprint density at radius 2 is 1.79 bits per heavy atom. The first-order chi connectivity index (χ1) is 15.7. The molecule has 4 rings (SSSR count). The van der Waals surface area contributed by atoms with E-state index in [1.54, 1.807) is 12.2 Å². The number of fused-ring (bicyclic) bond motifs is 2. The number of alkyl halides is 2. The lowest BCUT2D eigenvalue weighted by Gasteiger charge is -2.37. The SMILES string of the molecule is CCOP(=O)(OCC)C(F)(F)[C@H]1[C@H](C(=O)N2C(=O)OC[C@@H]2Cc2ccccc2)[C@@H]2C=C[C@H]1C2. The molecule has 0 radical (unpaired) electrons. The number of rotatable bonds is 9. The van der Waals surface area contributed by atoms with Gasteiger partial charge in [-0.15, -0.1) is 0 Å². The molecule has 33 heavy (non-hydrogen) atoms. The van der Waals surface area contributed by atoms with Gasteiger partial charge in [0.05, 0.1) is 31.1 Å². The Labute approximate surface area is 191 Å². The van der Waals surface area contributed by atoms with Crippen LogP contribution in [0.1, 0.15) is 25.8 Å². The summed E-state index contributed by atoms with van der Waals surface area (Å²) < 4.78 is 59.8. The molecule has 1 aliphatic heterocycles. The third kappa shape index (κ3) is 4.15. The van der Waals surface area contributed by atoms with Crippen LogP contribution in [0.4, 0.5) is 13.6 Å². The molecule has 1 aromatic carbocycles. The molecule has 0 unspecified atom stereocenters. The van der Waals surface area contributed by atoms with Crippen molar-refractivity contribution >= 4 is 19.6 Å². The smallest absolute Gasteiger partial charge is 0.416 e. The number of amides is 2. The fourth-order valence-electron chi connectivity index (χ4n) is 5.29. The van der Waals surface area contributed by atoms with Gasteiger partial charge in [0.25, 0.3) is 0 Å². The molecule has 7 nitrogen and oxygen atoms in total. The molecule has 0 spiro atoms. The average Bonchev–Trinajstić information content (AvgIpc) is 3.49. The van der Waals surface area contributed by atoms with Crippen LogP contribution < -0.4 is 0 Å². The van der Waals surface area contributed by atoms with Gasteiger partial charge < -0.3 is 13.8 Å². The minimum Gasteiger partial charge on any atom is -0.447 e. The van der Waals surface area contributed by atoms with Crippen molar-refractivity contribution in [3.8, 4) is 0 Å². The van der Waals surface area contributed by atoms with Crippen molar-refractivity contribution in [2.24, 2.45) is 23.7 Å². The molecular formula is C23H28F2NO6P. The summed E-state index contributed by atoms with van der Waals surface area (Å²) in [6.07, 6.45) is 3.21. The van der Waals surface area contributed by atoms with E-state index < -0.39 is 55.0 Å². The van der Waals surface area contributed by atoms with E-state index in [9.17, 15) is 14.2 Å². The predicted octanol–water partition coefficient (Wildman–Crippen LogP) is 4.87. The molecule has 1 saturated carbocycles. The Morgan fingerprint density at radius 3 is 2.42 bits per heavy atom. The van der Waals surface area contributed by atoms with E-state index in [4.69, 9.17) is 13.8 Å². The fraction of sp³-hybridized carbons (Fsp3) is 0.565. The molecule has 5 atom stereocenters. The maximum Gasteiger partial charge on any atom is 0.416 e. The molecule has 0 aromatic heterocycles. The van der Waals surface area contributed by atoms with E-state index >= 15 is 8.78 Å². The number of imide groups is 1. The number of nitrogens with zero attached hydrogens (tertiary/aromatic N) is 1. The van der Waals surface area contributed by atoms with E-state index in [1.807, 2.05) is 30.3 Å². The molecule has 1 saturated heterocycles. The minimum atomic E-state index is -4.85. The maximum absolute atomic E-state index is 15.8. The number of allylic oxidation sites excluding steroid dienone is 2. The number of halogens is 2. The van der Waals surface area contributed by atoms with Crippen molar-refractivity contribution in [1.29, 1.82) is 0 Å². The highest BCUT2D eigenvalue weighted by Crippen LogP contribution is 2.70. The number of hydrogen-bond donors (Lipinski definition) is 0. The van der Waals surface area contributed by atoms with Crippen molar-refractivity contribution in [1.82, 2.24) is 4.90 Å². The van der Waals surface area contributed by atoms with Gasteiger partial charge in [-0.1, -0.05) is 42.5 Å². The van der Waals surface area contributed by atoms with Gasteiger partial charge in [0.1, 0.15) is 6.61 Å². The normalized spacial score (nSPS) is 29.0. The summed E-state index contributed by atoms with van der Waals surface area (Å²) in [4.78, 5) is 27.1. The van der Waals surface area contributed by atoms with Crippen LogP contribution in [0.2, 0.25) is 0 Å². The predicted molar refractivity (Wildman–Crippen MR) is 116 cm³/mol. The molecule has 2 amide bonds. The Kier molecular flexibility index (Phi) is 6.76. The lowest BCUT2D eigenvalue weighted by molar-refractivity contribution is -0.140. The highest BCUT2D eigenvalue weighted by Gasteiger charge is 2.68. The Balaban J connectivity index is 1.65. The van der Waals surface area contributed by atoms with E-state index in [0.717, 1.165) is 10.5 Å². The maximum atomic E-state index is 15.8. The zero-order valence-corrected chi connectivity index (χ0v) is 19.5. The Bertz CT molecular complexity index is 961. The fourth-order valence-corrected chi connectivity index (χ4v) is 7.11. The van der Waals surface area contributed by atoms with Crippen LogP contribution in [0.25, 0.3) is 0 Å². The summed E-state index contributed by atoms with van der Waals surface area (Å²) in [5.74, 6) is -4.71. The topological polar surface area (TPSA) is 82.1 Å².